The second-order valence-corrected chi connectivity index (χ2v) is 9.04. The molecule has 2 saturated heterocycles. The lowest BCUT2D eigenvalue weighted by Gasteiger charge is -2.35. The number of amides is 1. The van der Waals surface area contributed by atoms with E-state index in [1.54, 1.807) is 18.5 Å². The predicted molar refractivity (Wildman–Crippen MR) is 110 cm³/mol. The molecule has 10 nitrogen and oxygen atoms in total. The summed E-state index contributed by atoms with van der Waals surface area (Å²) in [6, 6.07) is 1.80. The van der Waals surface area contributed by atoms with Gasteiger partial charge in [0.05, 0.1) is 42.2 Å². The van der Waals surface area contributed by atoms with Crippen LogP contribution in [0.3, 0.4) is 0 Å². The van der Waals surface area contributed by atoms with E-state index < -0.39 is 35.3 Å². The number of nitrogens with two attached hydrogens (primary N) is 1. The summed E-state index contributed by atoms with van der Waals surface area (Å²) in [4.78, 5) is 30.2. The van der Waals surface area contributed by atoms with Crippen molar-refractivity contribution in [2.75, 3.05) is 47.9 Å². The molecule has 2 unspecified atom stereocenters. The Hall–Kier alpha value is -1.50. The van der Waals surface area contributed by atoms with Gasteiger partial charge in [0.1, 0.15) is 17.4 Å². The largest absolute Gasteiger partial charge is 0.616 e. The average Bonchev–Trinajstić information content (AvgIpc) is 2.70. The molecule has 2 fully saturated rings. The fourth-order valence-corrected chi connectivity index (χ4v) is 4.56. The van der Waals surface area contributed by atoms with Crippen molar-refractivity contribution in [1.29, 1.82) is 0 Å². The molecule has 1 aromatic heterocycles. The molecule has 3 rings (SSSR count). The van der Waals surface area contributed by atoms with Gasteiger partial charge in [-0.05, 0) is 6.07 Å². The van der Waals surface area contributed by atoms with E-state index >= 15 is 0 Å². The summed E-state index contributed by atoms with van der Waals surface area (Å²) in [7, 11) is 0. The third-order valence-electron chi connectivity index (χ3n) is 4.84. The average molecular weight is 430 g/mol. The van der Waals surface area contributed by atoms with Gasteiger partial charge in [-0.25, -0.2) is 0 Å². The molecule has 0 radical (unpaired) electrons. The molecule has 0 bridgehead atoms. The van der Waals surface area contributed by atoms with Crippen molar-refractivity contribution in [2.45, 2.75) is 17.7 Å². The molecule has 28 heavy (non-hydrogen) atoms. The molecule has 0 aliphatic carbocycles. The van der Waals surface area contributed by atoms with Crippen LogP contribution in [0.1, 0.15) is 0 Å². The Labute approximate surface area is 171 Å². The van der Waals surface area contributed by atoms with Crippen LogP contribution in [0.5, 0.6) is 0 Å². The number of carbonyl (C=O) groups is 1. The highest BCUT2D eigenvalue weighted by atomic mass is 35.5. The summed E-state index contributed by atoms with van der Waals surface area (Å²) in [5.74, 6) is -0.217. The van der Waals surface area contributed by atoms with Gasteiger partial charge in [0.15, 0.2) is 6.17 Å². The van der Waals surface area contributed by atoms with Gasteiger partial charge < -0.3 is 20.5 Å². The van der Waals surface area contributed by atoms with Crippen LogP contribution in [0.2, 0.25) is 0 Å². The molecule has 3 heterocycles. The van der Waals surface area contributed by atoms with Gasteiger partial charge in [0.25, 0.3) is 0 Å². The number of halogens is 1. The molecule has 0 spiro atoms. The highest BCUT2D eigenvalue weighted by molar-refractivity contribution is 7.91. The highest BCUT2D eigenvalue weighted by Crippen LogP contribution is 2.27. The van der Waals surface area contributed by atoms with Crippen molar-refractivity contribution < 1.29 is 9.35 Å². The Morgan fingerprint density at radius 2 is 2.11 bits per heavy atom. The highest BCUT2D eigenvalue weighted by Gasteiger charge is 2.37. The Bertz CT molecular complexity index is 684. The molecule has 2 aliphatic rings. The third kappa shape index (κ3) is 5.10. The fourth-order valence-electron chi connectivity index (χ4n) is 3.33. The summed E-state index contributed by atoms with van der Waals surface area (Å²) in [6.07, 6.45) is 1.43. The molecular formula is C16H24ClN7O3S. The van der Waals surface area contributed by atoms with Gasteiger partial charge in [-0.3, -0.25) is 20.4 Å². The van der Waals surface area contributed by atoms with Crippen molar-refractivity contribution in [1.82, 2.24) is 15.6 Å². The van der Waals surface area contributed by atoms with E-state index in [0.29, 0.717) is 43.4 Å². The van der Waals surface area contributed by atoms with Crippen LogP contribution in [0.25, 0.3) is 0 Å². The summed E-state index contributed by atoms with van der Waals surface area (Å²) in [5, 5.41) is 11.8. The van der Waals surface area contributed by atoms with Crippen LogP contribution in [-0.2, 0) is 16.0 Å². The molecule has 0 aromatic carbocycles. The lowest BCUT2D eigenvalue weighted by molar-refractivity contribution is -0.121. The quantitative estimate of drug-likeness (QED) is 0.266. The minimum atomic E-state index is -1.23. The number of pyridine rings is 1. The van der Waals surface area contributed by atoms with Crippen molar-refractivity contribution in [2.24, 2.45) is 16.8 Å². The van der Waals surface area contributed by atoms with Crippen LogP contribution in [0, 0.1) is 10.8 Å². The number of carbonyl (C=O) groups excluding carboxylic acids is 1. The van der Waals surface area contributed by atoms with Crippen molar-refractivity contribution in [3.63, 3.8) is 0 Å². The first kappa shape index (κ1) is 21.2. The number of hydrogen-bond donors (Lipinski definition) is 4. The first-order valence-corrected chi connectivity index (χ1v) is 11.0. The molecule has 2 aliphatic heterocycles. The number of nitrogens with one attached hydrogen (secondary N) is 3. The SMILES string of the molecule is NC(N=O)C(C(=O)Nc1cnccc1N1CC[S+]([O-])CC1)C1NCC(Cl)CN1. The number of rotatable bonds is 6. The van der Waals surface area contributed by atoms with Crippen LogP contribution < -0.4 is 26.6 Å². The van der Waals surface area contributed by atoms with Gasteiger partial charge >= 0.3 is 0 Å². The number of hydrogen-bond acceptors (Lipinski definition) is 9. The monoisotopic (exact) mass is 429 g/mol. The van der Waals surface area contributed by atoms with E-state index in [-0.39, 0.29) is 5.38 Å². The summed E-state index contributed by atoms with van der Waals surface area (Å²) < 4.78 is 11.6. The number of aromatic nitrogens is 1. The number of alkyl halides is 1. The Morgan fingerprint density at radius 3 is 2.75 bits per heavy atom. The molecule has 12 heteroatoms. The van der Waals surface area contributed by atoms with Crippen LogP contribution in [0.4, 0.5) is 11.4 Å². The van der Waals surface area contributed by atoms with E-state index in [4.69, 9.17) is 17.3 Å². The third-order valence-corrected chi connectivity index (χ3v) is 6.43. The van der Waals surface area contributed by atoms with Gasteiger partial charge in [0.2, 0.25) is 5.91 Å². The fraction of sp³-hybridized carbons (Fsp3) is 0.625. The lowest BCUT2D eigenvalue weighted by Crippen LogP contribution is -2.62. The normalized spacial score (nSPS) is 25.8. The predicted octanol–water partition coefficient (Wildman–Crippen LogP) is -0.617. The minimum absolute atomic E-state index is 0.116. The number of nitrogens with zero attached hydrogens (tertiary/aromatic N) is 3. The van der Waals surface area contributed by atoms with Crippen LogP contribution in [0.15, 0.2) is 23.6 Å². The van der Waals surface area contributed by atoms with Crippen molar-refractivity contribution >= 4 is 40.1 Å². The maximum atomic E-state index is 13.0. The molecule has 1 amide bonds. The summed E-state index contributed by atoms with van der Waals surface area (Å²) >= 11 is 5.24. The van der Waals surface area contributed by atoms with E-state index in [1.807, 2.05) is 0 Å². The van der Waals surface area contributed by atoms with Crippen molar-refractivity contribution in [3.05, 3.63) is 23.4 Å². The topological polar surface area (TPSA) is 148 Å². The number of nitroso groups, excluding NO2 is 1. The minimum Gasteiger partial charge on any atom is -0.616 e. The van der Waals surface area contributed by atoms with Crippen LogP contribution in [-0.4, -0.2) is 70.8 Å². The molecule has 154 valence electrons. The van der Waals surface area contributed by atoms with Gasteiger partial charge in [-0.15, -0.1) is 16.5 Å². The van der Waals surface area contributed by atoms with E-state index in [2.05, 4.69) is 31.0 Å². The summed E-state index contributed by atoms with van der Waals surface area (Å²) in [6.45, 7) is 2.22. The number of anilines is 2. The zero-order valence-corrected chi connectivity index (χ0v) is 16.8. The Kier molecular flexibility index (Phi) is 7.43. The first-order chi connectivity index (χ1) is 13.5. The Balaban J connectivity index is 1.75. The standard InChI is InChI=1S/C16H24ClN7O3S/c17-10-7-20-15(21-8-10)13(14(18)23-26)16(25)22-11-9-19-2-1-12(11)24-3-5-28(27)6-4-24/h1-2,9-10,13-15,20-21H,3-8,18H2,(H,22,25). The van der Waals surface area contributed by atoms with Gasteiger partial charge in [-0.2, -0.15) is 0 Å². The van der Waals surface area contributed by atoms with E-state index in [0.717, 1.165) is 5.69 Å². The Morgan fingerprint density at radius 1 is 1.43 bits per heavy atom. The molecule has 2 atom stereocenters. The lowest BCUT2D eigenvalue weighted by atomic mass is 9.99. The van der Waals surface area contributed by atoms with Gasteiger partial charge in [0, 0.05) is 19.3 Å². The van der Waals surface area contributed by atoms with E-state index in [9.17, 15) is 14.3 Å². The molecule has 1 aromatic rings. The molecule has 5 N–H and O–H groups in total. The zero-order chi connectivity index (χ0) is 20.1. The maximum Gasteiger partial charge on any atom is 0.234 e. The molecular weight excluding hydrogens is 406 g/mol. The zero-order valence-electron chi connectivity index (χ0n) is 15.2. The second kappa shape index (κ2) is 9.81. The second-order valence-electron chi connectivity index (χ2n) is 6.73. The molecule has 0 saturated carbocycles. The van der Waals surface area contributed by atoms with Crippen LogP contribution >= 0.6 is 11.6 Å². The smallest absolute Gasteiger partial charge is 0.234 e. The maximum absolute atomic E-state index is 13.0. The van der Waals surface area contributed by atoms with E-state index in [1.165, 1.54) is 0 Å². The van der Waals surface area contributed by atoms with Gasteiger partial charge in [-0.1, -0.05) is 16.4 Å². The van der Waals surface area contributed by atoms with Crippen molar-refractivity contribution in [3.8, 4) is 0 Å². The summed E-state index contributed by atoms with van der Waals surface area (Å²) in [5.41, 5.74) is 7.12. The first-order valence-electron chi connectivity index (χ1n) is 9.03.